The number of carbonyl (C=O) groups is 1. The molecule has 0 saturated heterocycles. The first-order chi connectivity index (χ1) is 8.66. The minimum absolute atomic E-state index is 0.0431. The molecule has 1 heterocycles. The van der Waals surface area contributed by atoms with Crippen LogP contribution in [0.5, 0.6) is 0 Å². The summed E-state index contributed by atoms with van der Waals surface area (Å²) in [5.74, 6) is -0.0924. The van der Waals surface area contributed by atoms with E-state index in [1.54, 1.807) is 4.90 Å². The minimum Gasteiger partial charge on any atom is -0.443 e. The summed E-state index contributed by atoms with van der Waals surface area (Å²) in [6.07, 6.45) is 0. The maximum atomic E-state index is 12.2. The number of hydrogen-bond donors (Lipinski definition) is 1. The summed E-state index contributed by atoms with van der Waals surface area (Å²) in [4.78, 5) is 13.5. The first kappa shape index (κ1) is 16.2. The van der Waals surface area contributed by atoms with E-state index in [2.05, 4.69) is 15.9 Å². The molecular formula is C11H17BrN2O4S. The Kier molecular flexibility index (Phi) is 5.17. The van der Waals surface area contributed by atoms with E-state index in [9.17, 15) is 13.2 Å². The molecule has 0 fully saturated rings. The van der Waals surface area contributed by atoms with Gasteiger partial charge in [-0.25, -0.2) is 13.6 Å². The summed E-state index contributed by atoms with van der Waals surface area (Å²) >= 11 is 2.95. The molecular weight excluding hydrogens is 336 g/mol. The molecule has 0 radical (unpaired) electrons. The number of amides is 1. The zero-order chi connectivity index (χ0) is 14.8. The standard InChI is InChI=1S/C11H17BrN2O4S/c1-4-14(6-7(2)3)11(15)8-5-9(10(12)18-8)19(13,16)17/h5,7H,4,6H2,1-3H3,(H2,13,16,17). The van der Waals surface area contributed by atoms with Gasteiger partial charge in [-0.3, -0.25) is 4.79 Å². The van der Waals surface area contributed by atoms with Crippen LogP contribution in [-0.4, -0.2) is 32.3 Å². The average Bonchev–Trinajstić information content (AvgIpc) is 2.66. The van der Waals surface area contributed by atoms with Crippen molar-refractivity contribution in [2.24, 2.45) is 11.1 Å². The van der Waals surface area contributed by atoms with Crippen LogP contribution in [0.3, 0.4) is 0 Å². The third-order valence-corrected chi connectivity index (χ3v) is 4.20. The van der Waals surface area contributed by atoms with Crippen molar-refractivity contribution in [1.29, 1.82) is 0 Å². The summed E-state index contributed by atoms with van der Waals surface area (Å²) in [5, 5.41) is 5.02. The Morgan fingerprint density at radius 2 is 2.11 bits per heavy atom. The van der Waals surface area contributed by atoms with Crippen LogP contribution >= 0.6 is 15.9 Å². The van der Waals surface area contributed by atoms with Gasteiger partial charge in [0.1, 0.15) is 4.90 Å². The number of nitrogens with zero attached hydrogens (tertiary/aromatic N) is 1. The number of nitrogens with two attached hydrogens (primary N) is 1. The molecule has 8 heteroatoms. The predicted molar refractivity (Wildman–Crippen MR) is 74.2 cm³/mol. The van der Waals surface area contributed by atoms with Crippen molar-refractivity contribution in [2.45, 2.75) is 25.7 Å². The summed E-state index contributed by atoms with van der Waals surface area (Å²) in [5.41, 5.74) is 0. The van der Waals surface area contributed by atoms with Gasteiger partial charge in [0, 0.05) is 19.2 Å². The number of rotatable bonds is 5. The molecule has 0 aromatic carbocycles. The smallest absolute Gasteiger partial charge is 0.289 e. The molecule has 6 nitrogen and oxygen atoms in total. The number of carbonyl (C=O) groups excluding carboxylic acids is 1. The summed E-state index contributed by atoms with van der Waals surface area (Å²) in [6.45, 7) is 6.91. The van der Waals surface area contributed by atoms with Crippen LogP contribution in [0.2, 0.25) is 0 Å². The summed E-state index contributed by atoms with van der Waals surface area (Å²) in [6, 6.07) is 1.14. The van der Waals surface area contributed by atoms with Gasteiger partial charge in [-0.05, 0) is 28.8 Å². The minimum atomic E-state index is -3.91. The van der Waals surface area contributed by atoms with Crippen molar-refractivity contribution >= 4 is 31.9 Å². The summed E-state index contributed by atoms with van der Waals surface area (Å²) in [7, 11) is -3.91. The Morgan fingerprint density at radius 3 is 2.47 bits per heavy atom. The maximum Gasteiger partial charge on any atom is 0.289 e. The van der Waals surface area contributed by atoms with Crippen LogP contribution in [-0.2, 0) is 10.0 Å². The SMILES string of the molecule is CCN(CC(C)C)C(=O)c1cc(S(N)(=O)=O)c(Br)o1. The van der Waals surface area contributed by atoms with Gasteiger partial charge in [-0.15, -0.1) is 0 Å². The second-order valence-corrected chi connectivity index (χ2v) is 6.78. The molecule has 1 amide bonds. The highest BCUT2D eigenvalue weighted by atomic mass is 79.9. The van der Waals surface area contributed by atoms with Gasteiger partial charge in [0.05, 0.1) is 0 Å². The topological polar surface area (TPSA) is 93.6 Å². The van der Waals surface area contributed by atoms with Crippen molar-refractivity contribution in [1.82, 2.24) is 4.90 Å². The van der Waals surface area contributed by atoms with Gasteiger partial charge in [-0.1, -0.05) is 13.8 Å². The van der Waals surface area contributed by atoms with Gasteiger partial charge in [0.25, 0.3) is 5.91 Å². The van der Waals surface area contributed by atoms with Gasteiger partial charge in [-0.2, -0.15) is 0 Å². The second-order valence-electron chi connectivity index (χ2n) is 4.53. The number of halogens is 1. The monoisotopic (exact) mass is 352 g/mol. The van der Waals surface area contributed by atoms with Gasteiger partial charge >= 0.3 is 0 Å². The molecule has 0 spiro atoms. The zero-order valence-corrected chi connectivity index (χ0v) is 13.4. The molecule has 0 saturated carbocycles. The fraction of sp³-hybridized carbons (Fsp3) is 0.545. The van der Waals surface area contributed by atoms with E-state index in [-0.39, 0.29) is 21.2 Å². The van der Waals surface area contributed by atoms with Crippen LogP contribution in [0, 0.1) is 5.92 Å². The molecule has 1 aromatic rings. The quantitative estimate of drug-likeness (QED) is 0.874. The molecule has 1 aromatic heterocycles. The van der Waals surface area contributed by atoms with E-state index < -0.39 is 10.0 Å². The molecule has 19 heavy (non-hydrogen) atoms. The van der Waals surface area contributed by atoms with Crippen LogP contribution in [0.1, 0.15) is 31.3 Å². The average molecular weight is 353 g/mol. The molecule has 0 aliphatic heterocycles. The molecule has 0 bridgehead atoms. The van der Waals surface area contributed by atoms with Crippen molar-refractivity contribution in [3.05, 3.63) is 16.5 Å². The molecule has 0 aliphatic carbocycles. The molecule has 0 atom stereocenters. The Balaban J connectivity index is 3.07. The molecule has 1 rings (SSSR count). The molecule has 2 N–H and O–H groups in total. The van der Waals surface area contributed by atoms with Crippen molar-refractivity contribution in [3.63, 3.8) is 0 Å². The number of sulfonamides is 1. The van der Waals surface area contributed by atoms with Crippen LogP contribution in [0.15, 0.2) is 20.0 Å². The largest absolute Gasteiger partial charge is 0.443 e. The molecule has 0 unspecified atom stereocenters. The fourth-order valence-electron chi connectivity index (χ4n) is 1.60. The summed E-state index contributed by atoms with van der Waals surface area (Å²) < 4.78 is 27.6. The Labute approximate surface area is 121 Å². The Bertz CT molecular complexity index is 565. The first-order valence-electron chi connectivity index (χ1n) is 5.78. The van der Waals surface area contributed by atoms with E-state index in [4.69, 9.17) is 9.56 Å². The zero-order valence-electron chi connectivity index (χ0n) is 11.0. The third kappa shape index (κ3) is 4.05. The Hall–Kier alpha value is -0.860. The highest BCUT2D eigenvalue weighted by Gasteiger charge is 2.25. The van der Waals surface area contributed by atoms with E-state index in [1.807, 2.05) is 20.8 Å². The van der Waals surface area contributed by atoms with Crippen LogP contribution in [0.4, 0.5) is 0 Å². The van der Waals surface area contributed by atoms with Crippen molar-refractivity contribution in [3.8, 4) is 0 Å². The first-order valence-corrected chi connectivity index (χ1v) is 8.12. The molecule has 0 aliphatic rings. The number of primary sulfonamides is 1. The Morgan fingerprint density at radius 1 is 1.53 bits per heavy atom. The highest BCUT2D eigenvalue weighted by molar-refractivity contribution is 9.10. The van der Waals surface area contributed by atoms with Crippen molar-refractivity contribution in [2.75, 3.05) is 13.1 Å². The lowest BCUT2D eigenvalue weighted by molar-refractivity contribution is 0.0712. The number of hydrogen-bond acceptors (Lipinski definition) is 4. The highest BCUT2D eigenvalue weighted by Crippen LogP contribution is 2.26. The van der Waals surface area contributed by atoms with Crippen molar-refractivity contribution < 1.29 is 17.6 Å². The fourth-order valence-corrected chi connectivity index (χ4v) is 3.11. The normalized spacial score (nSPS) is 11.9. The third-order valence-electron chi connectivity index (χ3n) is 2.43. The lowest BCUT2D eigenvalue weighted by atomic mass is 10.2. The molecule has 108 valence electrons. The second kappa shape index (κ2) is 6.06. The van der Waals surface area contributed by atoms with Gasteiger partial charge in [0.15, 0.2) is 10.4 Å². The predicted octanol–water partition coefficient (Wildman–Crippen LogP) is 1.81. The van der Waals surface area contributed by atoms with E-state index in [0.717, 1.165) is 6.07 Å². The van der Waals surface area contributed by atoms with Crippen LogP contribution in [0.25, 0.3) is 0 Å². The van der Waals surface area contributed by atoms with Gasteiger partial charge in [0.2, 0.25) is 10.0 Å². The number of furan rings is 1. The van der Waals surface area contributed by atoms with Crippen LogP contribution < -0.4 is 5.14 Å². The van der Waals surface area contributed by atoms with E-state index in [1.165, 1.54) is 0 Å². The van der Waals surface area contributed by atoms with E-state index in [0.29, 0.717) is 19.0 Å². The van der Waals surface area contributed by atoms with Gasteiger partial charge < -0.3 is 9.32 Å². The maximum absolute atomic E-state index is 12.2. The van der Waals surface area contributed by atoms with E-state index >= 15 is 0 Å². The lowest BCUT2D eigenvalue weighted by Gasteiger charge is -2.21. The lowest BCUT2D eigenvalue weighted by Crippen LogP contribution is -2.33.